The Labute approximate surface area is 122 Å². The number of halogens is 1. The Kier molecular flexibility index (Phi) is 4.66. The Hall–Kier alpha value is -1.12. The molecule has 1 aromatic carbocycles. The van der Waals surface area contributed by atoms with Gasteiger partial charge in [-0.2, -0.15) is 16.9 Å². The van der Waals surface area contributed by atoms with Crippen LogP contribution in [0, 0.1) is 5.82 Å². The number of carbonyl (C=O) groups excluding carboxylic acids is 1. The lowest BCUT2D eigenvalue weighted by Gasteiger charge is -2.33. The third-order valence-electron chi connectivity index (χ3n) is 3.18. The van der Waals surface area contributed by atoms with Crippen LogP contribution in [0.1, 0.15) is 0 Å². The molecule has 1 fully saturated rings. The fourth-order valence-corrected chi connectivity index (χ4v) is 3.76. The van der Waals surface area contributed by atoms with Gasteiger partial charge in [-0.15, -0.1) is 0 Å². The number of amides is 1. The van der Waals surface area contributed by atoms with Crippen LogP contribution in [0.5, 0.6) is 0 Å². The molecule has 0 radical (unpaired) electrons. The minimum atomic E-state index is -3.85. The van der Waals surface area contributed by atoms with E-state index in [2.05, 4.69) is 12.6 Å². The average Bonchev–Trinajstić information content (AvgIpc) is 2.47. The average molecular weight is 318 g/mol. The molecule has 1 aliphatic rings. The van der Waals surface area contributed by atoms with Crippen LogP contribution in [0.2, 0.25) is 0 Å². The molecular formula is C12H15FN2O3S2. The second kappa shape index (κ2) is 6.11. The third kappa shape index (κ3) is 2.97. The zero-order valence-corrected chi connectivity index (χ0v) is 12.4. The van der Waals surface area contributed by atoms with Gasteiger partial charge in [-0.05, 0) is 12.1 Å². The first kappa shape index (κ1) is 15.3. The number of piperazine rings is 1. The van der Waals surface area contributed by atoms with Gasteiger partial charge in [0.25, 0.3) is 0 Å². The molecule has 0 spiro atoms. The molecule has 20 heavy (non-hydrogen) atoms. The monoisotopic (exact) mass is 318 g/mol. The van der Waals surface area contributed by atoms with Gasteiger partial charge in [0.05, 0.1) is 5.75 Å². The fraction of sp³-hybridized carbons (Fsp3) is 0.417. The number of benzene rings is 1. The molecule has 110 valence electrons. The third-order valence-corrected chi connectivity index (χ3v) is 5.38. The van der Waals surface area contributed by atoms with E-state index in [4.69, 9.17) is 0 Å². The summed E-state index contributed by atoms with van der Waals surface area (Å²) >= 11 is 3.90. The Morgan fingerprint density at radius 1 is 1.20 bits per heavy atom. The van der Waals surface area contributed by atoms with Crippen molar-refractivity contribution in [3.8, 4) is 0 Å². The molecule has 1 aromatic rings. The quantitative estimate of drug-likeness (QED) is 0.830. The minimum Gasteiger partial charge on any atom is -0.339 e. The molecule has 2 rings (SSSR count). The molecule has 0 aromatic heterocycles. The zero-order chi connectivity index (χ0) is 14.8. The standard InChI is InChI=1S/C12H15FN2O3S2/c13-10-3-1-2-4-11(10)20(17,18)15-7-5-14(6-8-15)12(16)9-19/h1-4,19H,5-9H2. The zero-order valence-electron chi connectivity index (χ0n) is 10.7. The van der Waals surface area contributed by atoms with Crippen LogP contribution in [0.25, 0.3) is 0 Å². The molecule has 0 bridgehead atoms. The summed E-state index contributed by atoms with van der Waals surface area (Å²) in [4.78, 5) is 12.7. The van der Waals surface area contributed by atoms with Gasteiger partial charge >= 0.3 is 0 Å². The molecule has 0 unspecified atom stereocenters. The van der Waals surface area contributed by atoms with Crippen LogP contribution in [0.3, 0.4) is 0 Å². The first-order valence-electron chi connectivity index (χ1n) is 6.10. The van der Waals surface area contributed by atoms with E-state index >= 15 is 0 Å². The number of hydrogen-bond donors (Lipinski definition) is 1. The second-order valence-electron chi connectivity index (χ2n) is 4.37. The van der Waals surface area contributed by atoms with Crippen LogP contribution in [-0.4, -0.2) is 55.5 Å². The summed E-state index contributed by atoms with van der Waals surface area (Å²) in [5.41, 5.74) is 0. The van der Waals surface area contributed by atoms with E-state index < -0.39 is 15.8 Å². The van der Waals surface area contributed by atoms with Crippen molar-refractivity contribution in [2.45, 2.75) is 4.90 Å². The van der Waals surface area contributed by atoms with Crippen molar-refractivity contribution in [2.75, 3.05) is 31.9 Å². The van der Waals surface area contributed by atoms with Crippen LogP contribution in [0.15, 0.2) is 29.2 Å². The molecule has 0 aliphatic carbocycles. The molecule has 1 amide bonds. The maximum absolute atomic E-state index is 13.6. The van der Waals surface area contributed by atoms with Crippen molar-refractivity contribution in [1.82, 2.24) is 9.21 Å². The number of hydrogen-bond acceptors (Lipinski definition) is 4. The van der Waals surface area contributed by atoms with Crippen molar-refractivity contribution in [1.29, 1.82) is 0 Å². The largest absolute Gasteiger partial charge is 0.339 e. The number of thiol groups is 1. The van der Waals surface area contributed by atoms with Gasteiger partial charge in [-0.25, -0.2) is 12.8 Å². The number of nitrogens with zero attached hydrogens (tertiary/aromatic N) is 2. The summed E-state index contributed by atoms with van der Waals surface area (Å²) < 4.78 is 39.5. The molecule has 1 saturated heterocycles. The first-order chi connectivity index (χ1) is 9.46. The first-order valence-corrected chi connectivity index (χ1v) is 8.17. The maximum atomic E-state index is 13.6. The van der Waals surface area contributed by atoms with Crippen molar-refractivity contribution in [2.24, 2.45) is 0 Å². The molecule has 0 atom stereocenters. The van der Waals surface area contributed by atoms with Crippen molar-refractivity contribution in [3.63, 3.8) is 0 Å². The van der Waals surface area contributed by atoms with Gasteiger partial charge in [-0.1, -0.05) is 12.1 Å². The lowest BCUT2D eigenvalue weighted by Crippen LogP contribution is -2.50. The van der Waals surface area contributed by atoms with E-state index in [-0.39, 0.29) is 29.6 Å². The van der Waals surface area contributed by atoms with Gasteiger partial charge in [0, 0.05) is 26.2 Å². The van der Waals surface area contributed by atoms with Gasteiger partial charge in [0.15, 0.2) is 0 Å². The molecule has 1 aliphatic heterocycles. The topological polar surface area (TPSA) is 57.7 Å². The summed E-state index contributed by atoms with van der Waals surface area (Å²) in [6.07, 6.45) is 0. The van der Waals surface area contributed by atoms with Gasteiger partial charge in [0.1, 0.15) is 10.7 Å². The van der Waals surface area contributed by atoms with Gasteiger partial charge < -0.3 is 4.90 Å². The van der Waals surface area contributed by atoms with Crippen molar-refractivity contribution < 1.29 is 17.6 Å². The summed E-state index contributed by atoms with van der Waals surface area (Å²) in [5, 5.41) is 0. The molecule has 1 heterocycles. The van der Waals surface area contributed by atoms with Crippen molar-refractivity contribution in [3.05, 3.63) is 30.1 Å². The van der Waals surface area contributed by atoms with E-state index in [0.29, 0.717) is 13.1 Å². The summed E-state index contributed by atoms with van der Waals surface area (Å²) in [7, 11) is -3.85. The van der Waals surface area contributed by atoms with Gasteiger partial charge in [0.2, 0.25) is 15.9 Å². The van der Waals surface area contributed by atoms with Crippen LogP contribution in [-0.2, 0) is 14.8 Å². The second-order valence-corrected chi connectivity index (χ2v) is 6.60. The molecular weight excluding hydrogens is 303 g/mol. The van der Waals surface area contributed by atoms with Gasteiger partial charge in [-0.3, -0.25) is 4.79 Å². The Morgan fingerprint density at radius 3 is 2.35 bits per heavy atom. The number of sulfonamides is 1. The highest BCUT2D eigenvalue weighted by Gasteiger charge is 2.31. The Morgan fingerprint density at radius 2 is 1.80 bits per heavy atom. The molecule has 8 heteroatoms. The maximum Gasteiger partial charge on any atom is 0.246 e. The highest BCUT2D eigenvalue weighted by atomic mass is 32.2. The minimum absolute atomic E-state index is 0.0973. The highest BCUT2D eigenvalue weighted by Crippen LogP contribution is 2.20. The van der Waals surface area contributed by atoms with E-state index in [1.165, 1.54) is 22.5 Å². The normalized spacial score (nSPS) is 17.2. The van der Waals surface area contributed by atoms with E-state index in [0.717, 1.165) is 6.07 Å². The van der Waals surface area contributed by atoms with Crippen LogP contribution < -0.4 is 0 Å². The van der Waals surface area contributed by atoms with E-state index in [1.54, 1.807) is 4.90 Å². The van der Waals surface area contributed by atoms with Crippen LogP contribution in [0.4, 0.5) is 4.39 Å². The predicted molar refractivity (Wildman–Crippen MR) is 75.6 cm³/mol. The summed E-state index contributed by atoms with van der Waals surface area (Å²) in [6.45, 7) is 0.923. The number of rotatable bonds is 3. The highest BCUT2D eigenvalue weighted by molar-refractivity contribution is 7.89. The van der Waals surface area contributed by atoms with Crippen LogP contribution >= 0.6 is 12.6 Å². The Balaban J connectivity index is 2.14. The molecule has 0 N–H and O–H groups in total. The lowest BCUT2D eigenvalue weighted by molar-refractivity contribution is -0.129. The van der Waals surface area contributed by atoms with Crippen molar-refractivity contribution >= 4 is 28.6 Å². The predicted octanol–water partition coefficient (Wildman–Crippen LogP) is 0.588. The number of carbonyl (C=O) groups is 1. The lowest BCUT2D eigenvalue weighted by atomic mass is 10.3. The summed E-state index contributed by atoms with van der Waals surface area (Å²) in [6, 6.07) is 5.29. The summed E-state index contributed by atoms with van der Waals surface area (Å²) in [5.74, 6) is -0.794. The molecule has 5 nitrogen and oxygen atoms in total. The fourth-order valence-electron chi connectivity index (χ4n) is 2.07. The van der Waals surface area contributed by atoms with E-state index in [9.17, 15) is 17.6 Å². The van der Waals surface area contributed by atoms with E-state index in [1.807, 2.05) is 0 Å². The smallest absolute Gasteiger partial charge is 0.246 e. The Bertz CT molecular complexity index is 598. The molecule has 0 saturated carbocycles. The SMILES string of the molecule is O=C(CS)N1CCN(S(=O)(=O)c2ccccc2F)CC1.